The van der Waals surface area contributed by atoms with Gasteiger partial charge in [-0.05, 0) is 54.7 Å². The number of halogens is 3. The highest BCUT2D eigenvalue weighted by Crippen LogP contribution is 2.45. The zero-order chi connectivity index (χ0) is 24.7. The van der Waals surface area contributed by atoms with E-state index in [1.807, 2.05) is 19.9 Å². The number of carbonyl (C=O) groups is 2. The van der Waals surface area contributed by atoms with Crippen molar-refractivity contribution in [2.45, 2.75) is 57.7 Å². The van der Waals surface area contributed by atoms with Crippen molar-refractivity contribution < 1.29 is 27.5 Å². The molecule has 0 aliphatic carbocycles. The number of hydrogen-bond donors (Lipinski definition) is 1. The number of nitrogens with zero attached hydrogens (tertiary/aromatic N) is 1. The van der Waals surface area contributed by atoms with Crippen molar-refractivity contribution in [3.63, 3.8) is 0 Å². The van der Waals surface area contributed by atoms with Gasteiger partial charge in [-0.2, -0.15) is 13.2 Å². The molecule has 0 radical (unpaired) electrons. The molecule has 4 rings (SSSR count). The standard InChI is InChI=1S/C26H27F3N2O3/c1-4-25(5-2)15-16(18-10-9-17(26(27,28)29)14-22(18)34-25)13-23(32)30-20-7-6-8-21-19(20)11-12-24(33)31(21)3/h6-10,13-14H,4-5,11-12,15H2,1-3H3,(H,30,32). The van der Waals surface area contributed by atoms with Gasteiger partial charge in [0.05, 0.1) is 5.56 Å². The van der Waals surface area contributed by atoms with Gasteiger partial charge < -0.3 is 15.0 Å². The molecule has 1 N–H and O–H groups in total. The monoisotopic (exact) mass is 472 g/mol. The van der Waals surface area contributed by atoms with E-state index in [0.29, 0.717) is 48.9 Å². The molecule has 0 saturated heterocycles. The minimum Gasteiger partial charge on any atom is -0.486 e. The third kappa shape index (κ3) is 4.41. The summed E-state index contributed by atoms with van der Waals surface area (Å²) in [5.41, 5.74) is 1.92. The molecular weight excluding hydrogens is 445 g/mol. The number of fused-ring (bicyclic) bond motifs is 2. The molecule has 2 heterocycles. The Bertz CT molecular complexity index is 1170. The lowest BCUT2D eigenvalue weighted by Crippen LogP contribution is -2.38. The van der Waals surface area contributed by atoms with Crippen molar-refractivity contribution in [2.24, 2.45) is 0 Å². The van der Waals surface area contributed by atoms with Gasteiger partial charge in [0, 0.05) is 42.9 Å². The third-order valence-corrected chi connectivity index (χ3v) is 6.82. The summed E-state index contributed by atoms with van der Waals surface area (Å²) in [4.78, 5) is 26.6. The summed E-state index contributed by atoms with van der Waals surface area (Å²) in [5.74, 6) is -0.219. The van der Waals surface area contributed by atoms with E-state index in [-0.39, 0.29) is 17.6 Å². The van der Waals surface area contributed by atoms with E-state index in [1.54, 1.807) is 24.1 Å². The fraction of sp³-hybridized carbons (Fsp3) is 0.385. The van der Waals surface area contributed by atoms with Crippen LogP contribution in [0.1, 0.15) is 56.2 Å². The summed E-state index contributed by atoms with van der Waals surface area (Å²) >= 11 is 0. The number of anilines is 2. The third-order valence-electron chi connectivity index (χ3n) is 6.82. The SMILES string of the molecule is CCC1(CC)CC(=CC(=O)Nc2cccc3c2CCC(=O)N3C)c2ccc(C(F)(F)F)cc2O1. The maximum Gasteiger partial charge on any atom is 0.416 e. The predicted octanol–water partition coefficient (Wildman–Crippen LogP) is 5.98. The molecule has 2 aliphatic heterocycles. The Kier molecular flexibility index (Phi) is 6.18. The number of hydrogen-bond acceptors (Lipinski definition) is 3. The number of nitrogens with one attached hydrogen (secondary N) is 1. The minimum absolute atomic E-state index is 0.0191. The van der Waals surface area contributed by atoms with Crippen molar-refractivity contribution in [3.05, 3.63) is 59.2 Å². The Hall–Kier alpha value is -3.29. The van der Waals surface area contributed by atoms with Gasteiger partial charge >= 0.3 is 6.18 Å². The van der Waals surface area contributed by atoms with Crippen LogP contribution in [0.5, 0.6) is 5.75 Å². The normalized spacial score (nSPS) is 18.2. The molecule has 2 aliphatic rings. The van der Waals surface area contributed by atoms with Crippen molar-refractivity contribution in [2.75, 3.05) is 17.3 Å². The fourth-order valence-electron chi connectivity index (χ4n) is 4.66. The van der Waals surface area contributed by atoms with Gasteiger partial charge in [0.25, 0.3) is 0 Å². The molecule has 2 aromatic rings. The van der Waals surface area contributed by atoms with Crippen LogP contribution < -0.4 is 15.0 Å². The van der Waals surface area contributed by atoms with Crippen LogP contribution in [0.15, 0.2) is 42.5 Å². The summed E-state index contributed by atoms with van der Waals surface area (Å²) in [6.07, 6.45) is -0.563. The summed E-state index contributed by atoms with van der Waals surface area (Å²) in [5, 5.41) is 2.91. The van der Waals surface area contributed by atoms with Crippen molar-refractivity contribution in [3.8, 4) is 5.75 Å². The molecular formula is C26H27F3N2O3. The van der Waals surface area contributed by atoms with Crippen LogP contribution in [0.4, 0.5) is 24.5 Å². The second-order valence-corrected chi connectivity index (χ2v) is 8.79. The summed E-state index contributed by atoms with van der Waals surface area (Å²) in [6, 6.07) is 8.80. The average Bonchev–Trinajstić information content (AvgIpc) is 2.80. The van der Waals surface area contributed by atoms with Gasteiger partial charge in [-0.1, -0.05) is 26.0 Å². The van der Waals surface area contributed by atoms with Crippen molar-refractivity contribution in [1.29, 1.82) is 0 Å². The van der Waals surface area contributed by atoms with Crippen LogP contribution in [-0.2, 0) is 22.2 Å². The summed E-state index contributed by atoms with van der Waals surface area (Å²) < 4.78 is 46.0. The Morgan fingerprint density at radius 1 is 1.18 bits per heavy atom. The minimum atomic E-state index is -4.49. The summed E-state index contributed by atoms with van der Waals surface area (Å²) in [6.45, 7) is 3.85. The molecule has 0 fully saturated rings. The molecule has 0 spiro atoms. The maximum atomic E-state index is 13.3. The number of benzene rings is 2. The first-order valence-corrected chi connectivity index (χ1v) is 11.4. The van der Waals surface area contributed by atoms with Gasteiger partial charge in [0.1, 0.15) is 11.4 Å². The molecule has 0 bridgehead atoms. The molecule has 34 heavy (non-hydrogen) atoms. The Balaban J connectivity index is 1.69. The molecule has 8 heteroatoms. The van der Waals surface area contributed by atoms with E-state index in [4.69, 9.17) is 4.74 Å². The van der Waals surface area contributed by atoms with E-state index in [1.165, 1.54) is 12.1 Å². The van der Waals surface area contributed by atoms with Crippen LogP contribution in [0.3, 0.4) is 0 Å². The highest BCUT2D eigenvalue weighted by molar-refractivity contribution is 6.06. The zero-order valence-electron chi connectivity index (χ0n) is 19.4. The van der Waals surface area contributed by atoms with Crippen molar-refractivity contribution in [1.82, 2.24) is 0 Å². The Morgan fingerprint density at radius 3 is 2.59 bits per heavy atom. The van der Waals surface area contributed by atoms with E-state index >= 15 is 0 Å². The number of amides is 2. The smallest absolute Gasteiger partial charge is 0.416 e. The maximum absolute atomic E-state index is 13.3. The number of ether oxygens (including phenoxy) is 1. The van der Waals surface area contributed by atoms with E-state index < -0.39 is 17.3 Å². The molecule has 0 aromatic heterocycles. The van der Waals surface area contributed by atoms with Gasteiger partial charge in [0.15, 0.2) is 0 Å². The lowest BCUT2D eigenvalue weighted by atomic mass is 9.82. The lowest BCUT2D eigenvalue weighted by Gasteiger charge is -2.39. The highest BCUT2D eigenvalue weighted by Gasteiger charge is 2.38. The van der Waals surface area contributed by atoms with Crippen molar-refractivity contribution >= 4 is 28.8 Å². The first kappa shape index (κ1) is 23.9. The second kappa shape index (κ2) is 8.81. The van der Waals surface area contributed by atoms with Crippen LogP contribution >= 0.6 is 0 Å². The molecule has 2 aromatic carbocycles. The highest BCUT2D eigenvalue weighted by atomic mass is 19.4. The first-order valence-electron chi connectivity index (χ1n) is 11.4. The lowest BCUT2D eigenvalue weighted by molar-refractivity contribution is -0.137. The molecule has 0 atom stereocenters. The van der Waals surface area contributed by atoms with Crippen LogP contribution in [0, 0.1) is 0 Å². The molecule has 0 saturated carbocycles. The Morgan fingerprint density at radius 2 is 1.91 bits per heavy atom. The molecule has 180 valence electrons. The van der Waals surface area contributed by atoms with Gasteiger partial charge in [-0.3, -0.25) is 9.59 Å². The summed E-state index contributed by atoms with van der Waals surface area (Å²) in [7, 11) is 1.71. The van der Waals surface area contributed by atoms with Gasteiger partial charge in [-0.15, -0.1) is 0 Å². The number of carbonyl (C=O) groups excluding carboxylic acids is 2. The number of rotatable bonds is 4. The average molecular weight is 473 g/mol. The molecule has 2 amide bonds. The number of alkyl halides is 3. The Labute approximate surface area is 196 Å². The largest absolute Gasteiger partial charge is 0.486 e. The topological polar surface area (TPSA) is 58.6 Å². The van der Waals surface area contributed by atoms with Gasteiger partial charge in [0.2, 0.25) is 11.8 Å². The van der Waals surface area contributed by atoms with Gasteiger partial charge in [-0.25, -0.2) is 0 Å². The fourth-order valence-corrected chi connectivity index (χ4v) is 4.66. The van der Waals surface area contributed by atoms with E-state index in [0.717, 1.165) is 23.4 Å². The van der Waals surface area contributed by atoms with Crippen LogP contribution in [0.25, 0.3) is 5.57 Å². The van der Waals surface area contributed by atoms with Crippen LogP contribution in [0.2, 0.25) is 0 Å². The van der Waals surface area contributed by atoms with Crippen LogP contribution in [-0.4, -0.2) is 24.5 Å². The molecule has 5 nitrogen and oxygen atoms in total. The van der Waals surface area contributed by atoms with E-state index in [9.17, 15) is 22.8 Å². The molecule has 0 unspecified atom stereocenters. The first-order chi connectivity index (χ1) is 16.1. The predicted molar refractivity (Wildman–Crippen MR) is 125 cm³/mol. The van der Waals surface area contributed by atoms with E-state index in [2.05, 4.69) is 5.32 Å². The quantitative estimate of drug-likeness (QED) is 0.557. The zero-order valence-corrected chi connectivity index (χ0v) is 19.4. The second-order valence-electron chi connectivity index (χ2n) is 8.79.